The van der Waals surface area contributed by atoms with Gasteiger partial charge in [0.05, 0.1) is 11.1 Å². The third-order valence-electron chi connectivity index (χ3n) is 3.96. The third kappa shape index (κ3) is 5.82. The lowest BCUT2D eigenvalue weighted by Crippen LogP contribution is -2.17. The lowest BCUT2D eigenvalue weighted by molar-refractivity contribution is -0.274. The van der Waals surface area contributed by atoms with E-state index in [0.717, 1.165) is 18.2 Å². The molecule has 14 heteroatoms. The molecule has 0 fully saturated rings. The molecular formula is C18H10F9N3O2. The van der Waals surface area contributed by atoms with E-state index < -0.39 is 53.5 Å². The number of ether oxygens (including phenoxy) is 2. The summed E-state index contributed by atoms with van der Waals surface area (Å²) in [5.74, 6) is -1.19. The summed E-state index contributed by atoms with van der Waals surface area (Å²) in [6, 6.07) is 3.54. The van der Waals surface area contributed by atoms with Gasteiger partial charge in [-0.2, -0.15) is 26.3 Å². The number of H-pyrrole nitrogens is 1. The van der Waals surface area contributed by atoms with Crippen LogP contribution in [0.25, 0.3) is 11.3 Å². The third-order valence-corrected chi connectivity index (χ3v) is 3.96. The summed E-state index contributed by atoms with van der Waals surface area (Å²) in [6.45, 7) is -1.02. The molecule has 1 aromatic heterocycles. The van der Waals surface area contributed by atoms with Gasteiger partial charge in [-0.05, 0) is 30.3 Å². The first-order chi connectivity index (χ1) is 14.7. The van der Waals surface area contributed by atoms with Crippen LogP contribution < -0.4 is 9.47 Å². The minimum absolute atomic E-state index is 0.00409. The van der Waals surface area contributed by atoms with E-state index >= 15 is 0 Å². The van der Waals surface area contributed by atoms with E-state index in [0.29, 0.717) is 0 Å². The molecule has 172 valence electrons. The highest BCUT2D eigenvalue weighted by atomic mass is 19.4. The first-order valence-corrected chi connectivity index (χ1v) is 8.40. The number of hydrogen-bond acceptors (Lipinski definition) is 4. The maximum atomic E-state index is 13.2. The summed E-state index contributed by atoms with van der Waals surface area (Å²) >= 11 is 0. The van der Waals surface area contributed by atoms with Gasteiger partial charge in [0.15, 0.2) is 0 Å². The van der Waals surface area contributed by atoms with E-state index in [1.54, 1.807) is 0 Å². The van der Waals surface area contributed by atoms with Crippen molar-refractivity contribution in [2.24, 2.45) is 0 Å². The van der Waals surface area contributed by atoms with Crippen LogP contribution in [0.15, 0.2) is 42.6 Å². The molecule has 3 aromatic rings. The number of benzene rings is 2. The Kier molecular flexibility index (Phi) is 5.98. The Morgan fingerprint density at radius 1 is 0.812 bits per heavy atom. The minimum Gasteiger partial charge on any atom is -0.489 e. The number of aromatic nitrogens is 3. The van der Waals surface area contributed by atoms with Crippen molar-refractivity contribution in [3.63, 3.8) is 0 Å². The zero-order valence-electron chi connectivity index (χ0n) is 15.4. The molecule has 0 aliphatic carbocycles. The van der Waals surface area contributed by atoms with Crippen molar-refractivity contribution in [3.05, 3.63) is 59.3 Å². The van der Waals surface area contributed by atoms with Crippen LogP contribution in [-0.2, 0) is 19.0 Å². The molecule has 5 nitrogen and oxygen atoms in total. The molecule has 0 saturated carbocycles. The molecule has 32 heavy (non-hydrogen) atoms. The number of hydrogen-bond donors (Lipinski definition) is 1. The maximum absolute atomic E-state index is 13.2. The molecule has 1 heterocycles. The van der Waals surface area contributed by atoms with Gasteiger partial charge in [-0.25, -0.2) is 0 Å². The molecule has 3 rings (SSSR count). The SMILES string of the molecule is FC(F)(F)Oc1cc(OCc2cc(C(F)(F)F)ccc2C(F)(F)F)cc(-c2c[nH]nn2)c1. The van der Waals surface area contributed by atoms with Crippen LogP contribution >= 0.6 is 0 Å². The second-order valence-corrected chi connectivity index (χ2v) is 6.26. The van der Waals surface area contributed by atoms with Crippen molar-refractivity contribution in [2.75, 3.05) is 0 Å². The van der Waals surface area contributed by atoms with Crippen LogP contribution in [0.5, 0.6) is 11.5 Å². The molecule has 0 bridgehead atoms. The lowest BCUT2D eigenvalue weighted by Gasteiger charge is -2.17. The molecule has 0 aliphatic heterocycles. The largest absolute Gasteiger partial charge is 0.573 e. The van der Waals surface area contributed by atoms with Gasteiger partial charge in [0.1, 0.15) is 23.8 Å². The van der Waals surface area contributed by atoms with Crippen LogP contribution in [0.4, 0.5) is 39.5 Å². The molecule has 0 saturated heterocycles. The fourth-order valence-corrected chi connectivity index (χ4v) is 2.67. The highest BCUT2D eigenvalue weighted by Crippen LogP contribution is 2.38. The lowest BCUT2D eigenvalue weighted by atomic mass is 10.0. The first kappa shape index (κ1) is 23.2. The van der Waals surface area contributed by atoms with E-state index in [1.165, 1.54) is 6.20 Å². The van der Waals surface area contributed by atoms with Crippen LogP contribution in [-0.4, -0.2) is 21.8 Å². The molecule has 2 aromatic carbocycles. The molecular weight excluding hydrogens is 461 g/mol. The first-order valence-electron chi connectivity index (χ1n) is 8.40. The van der Waals surface area contributed by atoms with Crippen molar-refractivity contribution < 1.29 is 49.0 Å². The summed E-state index contributed by atoms with van der Waals surface area (Å²) < 4.78 is 125. The topological polar surface area (TPSA) is 60.0 Å². The Labute approximate surface area is 172 Å². The fourth-order valence-electron chi connectivity index (χ4n) is 2.67. The number of alkyl halides is 9. The molecule has 0 unspecified atom stereocenters. The standard InChI is InChI=1S/C18H10F9N3O2/c19-16(20,21)11-1-2-14(17(22,23)24)10(3-11)8-31-12-4-9(15-7-28-30-29-15)5-13(6-12)32-18(25,26)27/h1-7H,8H2,(H,28,29,30). The zero-order chi connectivity index (χ0) is 23.7. The summed E-state index contributed by atoms with van der Waals surface area (Å²) in [5.41, 5.74) is -3.54. The second-order valence-electron chi connectivity index (χ2n) is 6.26. The van der Waals surface area contributed by atoms with Gasteiger partial charge in [0, 0.05) is 23.4 Å². The number of nitrogens with zero attached hydrogens (tertiary/aromatic N) is 2. The van der Waals surface area contributed by atoms with Crippen molar-refractivity contribution in [1.29, 1.82) is 0 Å². The molecule has 0 amide bonds. The quantitative estimate of drug-likeness (QED) is 0.465. The van der Waals surface area contributed by atoms with Gasteiger partial charge >= 0.3 is 18.7 Å². The Bertz CT molecular complexity index is 1070. The van der Waals surface area contributed by atoms with Crippen molar-refractivity contribution in [1.82, 2.24) is 15.4 Å². The molecule has 0 atom stereocenters. The van der Waals surface area contributed by atoms with Gasteiger partial charge in [-0.3, -0.25) is 5.10 Å². The summed E-state index contributed by atoms with van der Waals surface area (Å²) in [5, 5.41) is 9.30. The Morgan fingerprint density at radius 3 is 2.06 bits per heavy atom. The van der Waals surface area contributed by atoms with Crippen LogP contribution in [0.1, 0.15) is 16.7 Å². The van der Waals surface area contributed by atoms with E-state index in [1.807, 2.05) is 0 Å². The Balaban J connectivity index is 1.97. The highest BCUT2D eigenvalue weighted by Gasteiger charge is 2.37. The number of rotatable bonds is 5. The Hall–Kier alpha value is -3.45. The van der Waals surface area contributed by atoms with E-state index in [2.05, 4.69) is 20.1 Å². The van der Waals surface area contributed by atoms with Crippen molar-refractivity contribution in [3.8, 4) is 22.8 Å². The predicted molar refractivity (Wildman–Crippen MR) is 89.3 cm³/mol. The van der Waals surface area contributed by atoms with Crippen molar-refractivity contribution >= 4 is 0 Å². The average Bonchev–Trinajstić information content (AvgIpc) is 3.18. The Morgan fingerprint density at radius 2 is 1.50 bits per heavy atom. The van der Waals surface area contributed by atoms with Gasteiger partial charge in [0.2, 0.25) is 0 Å². The van der Waals surface area contributed by atoms with Crippen LogP contribution in [0, 0.1) is 0 Å². The summed E-state index contributed by atoms with van der Waals surface area (Å²) in [4.78, 5) is 0. The number of nitrogens with one attached hydrogen (secondary N) is 1. The minimum atomic E-state index is -5.09. The number of halogens is 9. The second kappa shape index (κ2) is 8.24. The smallest absolute Gasteiger partial charge is 0.489 e. The van der Waals surface area contributed by atoms with E-state index in [4.69, 9.17) is 4.74 Å². The van der Waals surface area contributed by atoms with Crippen molar-refractivity contribution in [2.45, 2.75) is 25.3 Å². The van der Waals surface area contributed by atoms with Gasteiger partial charge in [-0.15, -0.1) is 18.3 Å². The van der Waals surface area contributed by atoms with Gasteiger partial charge in [-0.1, -0.05) is 5.21 Å². The van der Waals surface area contributed by atoms with E-state index in [-0.39, 0.29) is 29.5 Å². The van der Waals surface area contributed by atoms with Gasteiger partial charge in [0.25, 0.3) is 0 Å². The van der Waals surface area contributed by atoms with Crippen LogP contribution in [0.2, 0.25) is 0 Å². The molecule has 0 aliphatic rings. The molecule has 0 spiro atoms. The predicted octanol–water partition coefficient (Wildman–Crippen LogP) is 5.99. The number of aromatic amines is 1. The summed E-state index contributed by atoms with van der Waals surface area (Å²) in [7, 11) is 0. The van der Waals surface area contributed by atoms with Crippen LogP contribution in [0.3, 0.4) is 0 Å². The monoisotopic (exact) mass is 471 g/mol. The highest BCUT2D eigenvalue weighted by molar-refractivity contribution is 5.62. The van der Waals surface area contributed by atoms with Gasteiger partial charge < -0.3 is 9.47 Å². The summed E-state index contributed by atoms with van der Waals surface area (Å²) in [6.07, 6.45) is -13.8. The fraction of sp³-hybridized carbons (Fsp3) is 0.222. The normalized spacial score (nSPS) is 12.7. The molecule has 0 radical (unpaired) electrons. The zero-order valence-corrected chi connectivity index (χ0v) is 15.4. The maximum Gasteiger partial charge on any atom is 0.573 e. The van der Waals surface area contributed by atoms with E-state index in [9.17, 15) is 39.5 Å². The average molecular weight is 471 g/mol. The molecule has 1 N–H and O–H groups in total.